The lowest BCUT2D eigenvalue weighted by molar-refractivity contribution is 0.112. The molecule has 0 saturated heterocycles. The molecule has 4 nitrogen and oxygen atoms in total. The second-order valence-electron chi connectivity index (χ2n) is 4.07. The minimum atomic E-state index is -0.768. The van der Waals surface area contributed by atoms with Crippen molar-refractivity contribution in [3.05, 3.63) is 60.0 Å². The Morgan fingerprint density at radius 3 is 2.75 bits per heavy atom. The Morgan fingerprint density at radius 2 is 2.10 bits per heavy atom. The average Bonchev–Trinajstić information content (AvgIpc) is 3.07. The Balaban J connectivity index is 2.14. The summed E-state index contributed by atoms with van der Waals surface area (Å²) >= 11 is 0. The maximum atomic E-state index is 13.7. The maximum Gasteiger partial charge on any atom is 0.154 e. The number of halogens is 2. The van der Waals surface area contributed by atoms with Gasteiger partial charge in [0.2, 0.25) is 0 Å². The van der Waals surface area contributed by atoms with Gasteiger partial charge in [0, 0.05) is 12.3 Å². The molecule has 1 aromatic carbocycles. The zero-order valence-corrected chi connectivity index (χ0v) is 10.1. The van der Waals surface area contributed by atoms with Crippen molar-refractivity contribution in [3.8, 4) is 17.1 Å². The van der Waals surface area contributed by atoms with Crippen LogP contribution in [0.1, 0.15) is 10.4 Å². The van der Waals surface area contributed by atoms with Gasteiger partial charge in [0.1, 0.15) is 17.2 Å². The van der Waals surface area contributed by atoms with Crippen LogP contribution in [0.2, 0.25) is 0 Å². The van der Waals surface area contributed by atoms with E-state index in [4.69, 9.17) is 4.42 Å². The predicted octanol–water partition coefficient (Wildman–Crippen LogP) is 3.22. The van der Waals surface area contributed by atoms with Crippen LogP contribution < -0.4 is 0 Å². The number of carbonyl (C=O) groups is 1. The van der Waals surface area contributed by atoms with Crippen LogP contribution in [0.3, 0.4) is 0 Å². The van der Waals surface area contributed by atoms with Gasteiger partial charge in [-0.2, -0.15) is 5.10 Å². The fourth-order valence-electron chi connectivity index (χ4n) is 1.87. The van der Waals surface area contributed by atoms with Crippen LogP contribution >= 0.6 is 0 Å². The van der Waals surface area contributed by atoms with Crippen LogP contribution in [-0.4, -0.2) is 16.1 Å². The molecule has 0 unspecified atom stereocenters. The summed E-state index contributed by atoms with van der Waals surface area (Å²) in [6.07, 6.45) is 3.41. The molecule has 0 aliphatic rings. The Bertz CT molecular complexity index is 764. The Kier molecular flexibility index (Phi) is 2.90. The summed E-state index contributed by atoms with van der Waals surface area (Å²) < 4.78 is 33.0. The highest BCUT2D eigenvalue weighted by molar-refractivity contribution is 5.84. The van der Waals surface area contributed by atoms with Crippen molar-refractivity contribution in [1.29, 1.82) is 0 Å². The molecule has 100 valence electrons. The molecular weight excluding hydrogens is 266 g/mol. The van der Waals surface area contributed by atoms with E-state index in [-0.39, 0.29) is 11.3 Å². The summed E-state index contributed by atoms with van der Waals surface area (Å²) in [6.45, 7) is 0. The zero-order chi connectivity index (χ0) is 14.1. The van der Waals surface area contributed by atoms with E-state index >= 15 is 0 Å². The smallest absolute Gasteiger partial charge is 0.154 e. The number of aromatic nitrogens is 2. The fraction of sp³-hybridized carbons (Fsp3) is 0. The highest BCUT2D eigenvalue weighted by Crippen LogP contribution is 2.24. The average molecular weight is 274 g/mol. The summed E-state index contributed by atoms with van der Waals surface area (Å²) in [5.41, 5.74) is 0.602. The fourth-order valence-corrected chi connectivity index (χ4v) is 1.87. The molecule has 3 rings (SSSR count). The van der Waals surface area contributed by atoms with Crippen molar-refractivity contribution >= 4 is 6.29 Å². The molecular formula is C14H8F2N2O2. The quantitative estimate of drug-likeness (QED) is 0.689. The third-order valence-electron chi connectivity index (χ3n) is 2.78. The maximum absolute atomic E-state index is 13.7. The topological polar surface area (TPSA) is 48.0 Å². The molecule has 3 aromatic rings. The normalized spacial score (nSPS) is 10.7. The first-order chi connectivity index (χ1) is 9.69. The van der Waals surface area contributed by atoms with Crippen LogP contribution in [0, 0.1) is 11.6 Å². The van der Waals surface area contributed by atoms with Crippen molar-refractivity contribution in [2.24, 2.45) is 0 Å². The number of furan rings is 1. The van der Waals surface area contributed by atoms with Gasteiger partial charge >= 0.3 is 0 Å². The molecule has 0 atom stereocenters. The van der Waals surface area contributed by atoms with E-state index in [9.17, 15) is 13.6 Å². The lowest BCUT2D eigenvalue weighted by Gasteiger charge is -2.02. The SMILES string of the molecule is O=Cc1cn(-c2ccc(F)cc2F)nc1-c1ccco1. The molecule has 2 aromatic heterocycles. The largest absolute Gasteiger partial charge is 0.463 e. The Labute approximate surface area is 112 Å². The molecule has 0 saturated carbocycles. The number of nitrogens with zero attached hydrogens (tertiary/aromatic N) is 2. The molecule has 0 bridgehead atoms. The van der Waals surface area contributed by atoms with Gasteiger partial charge in [0.15, 0.2) is 17.9 Å². The van der Waals surface area contributed by atoms with Gasteiger partial charge in [0.05, 0.1) is 11.8 Å². The van der Waals surface area contributed by atoms with Gasteiger partial charge < -0.3 is 4.42 Å². The molecule has 0 fully saturated rings. The first-order valence-electron chi connectivity index (χ1n) is 5.73. The molecule has 0 radical (unpaired) electrons. The van der Waals surface area contributed by atoms with Crippen molar-refractivity contribution in [1.82, 2.24) is 9.78 Å². The summed E-state index contributed by atoms with van der Waals surface area (Å²) in [7, 11) is 0. The number of hydrogen-bond acceptors (Lipinski definition) is 3. The molecule has 0 aliphatic carbocycles. The van der Waals surface area contributed by atoms with Crippen LogP contribution in [0.4, 0.5) is 8.78 Å². The minimum absolute atomic E-state index is 0.0484. The third kappa shape index (κ3) is 2.01. The second-order valence-corrected chi connectivity index (χ2v) is 4.07. The molecule has 0 aliphatic heterocycles. The molecule has 0 N–H and O–H groups in total. The van der Waals surface area contributed by atoms with E-state index in [1.165, 1.54) is 23.2 Å². The van der Waals surface area contributed by atoms with Crippen LogP contribution in [0.5, 0.6) is 0 Å². The highest BCUT2D eigenvalue weighted by atomic mass is 19.1. The van der Waals surface area contributed by atoms with E-state index < -0.39 is 11.6 Å². The van der Waals surface area contributed by atoms with Crippen molar-refractivity contribution in [2.75, 3.05) is 0 Å². The summed E-state index contributed by atoms with van der Waals surface area (Å²) in [5, 5.41) is 4.11. The Morgan fingerprint density at radius 1 is 1.25 bits per heavy atom. The standard InChI is InChI=1S/C14H8F2N2O2/c15-10-3-4-12(11(16)6-10)18-7-9(8-19)14(17-18)13-2-1-5-20-13/h1-8H. The Hall–Kier alpha value is -2.76. The monoisotopic (exact) mass is 274 g/mol. The molecule has 2 heterocycles. The minimum Gasteiger partial charge on any atom is -0.463 e. The van der Waals surface area contributed by atoms with Crippen molar-refractivity contribution < 1.29 is 18.0 Å². The number of rotatable bonds is 3. The number of carbonyl (C=O) groups excluding carboxylic acids is 1. The van der Waals surface area contributed by atoms with Crippen molar-refractivity contribution in [2.45, 2.75) is 0 Å². The summed E-state index contributed by atoms with van der Waals surface area (Å²) in [5.74, 6) is -1.05. The second kappa shape index (κ2) is 4.73. The molecule has 20 heavy (non-hydrogen) atoms. The van der Waals surface area contributed by atoms with E-state index in [1.807, 2.05) is 0 Å². The third-order valence-corrected chi connectivity index (χ3v) is 2.78. The lowest BCUT2D eigenvalue weighted by atomic mass is 10.2. The number of hydrogen-bond donors (Lipinski definition) is 0. The predicted molar refractivity (Wildman–Crippen MR) is 66.6 cm³/mol. The van der Waals surface area contributed by atoms with Crippen LogP contribution in [-0.2, 0) is 0 Å². The van der Waals surface area contributed by atoms with Gasteiger partial charge in [-0.05, 0) is 24.3 Å². The van der Waals surface area contributed by atoms with Crippen LogP contribution in [0.15, 0.2) is 47.2 Å². The number of aldehydes is 1. The first kappa shape index (κ1) is 12.3. The van der Waals surface area contributed by atoms with E-state index in [2.05, 4.69) is 5.10 Å². The first-order valence-corrected chi connectivity index (χ1v) is 5.73. The van der Waals surface area contributed by atoms with Gasteiger partial charge in [-0.15, -0.1) is 0 Å². The number of benzene rings is 1. The molecule has 6 heteroatoms. The van der Waals surface area contributed by atoms with Gasteiger partial charge in [0.25, 0.3) is 0 Å². The lowest BCUT2D eigenvalue weighted by Crippen LogP contribution is -1.99. The molecule has 0 amide bonds. The summed E-state index contributed by atoms with van der Waals surface area (Å²) in [6, 6.07) is 6.41. The summed E-state index contributed by atoms with van der Waals surface area (Å²) in [4.78, 5) is 11.1. The van der Waals surface area contributed by atoms with Gasteiger partial charge in [-0.3, -0.25) is 4.79 Å². The van der Waals surface area contributed by atoms with E-state index in [0.29, 0.717) is 17.7 Å². The van der Waals surface area contributed by atoms with Gasteiger partial charge in [-0.1, -0.05) is 0 Å². The van der Waals surface area contributed by atoms with Gasteiger partial charge in [-0.25, -0.2) is 13.5 Å². The van der Waals surface area contributed by atoms with Crippen molar-refractivity contribution in [3.63, 3.8) is 0 Å². The van der Waals surface area contributed by atoms with Crippen LogP contribution in [0.25, 0.3) is 17.1 Å². The van der Waals surface area contributed by atoms with E-state index in [0.717, 1.165) is 12.1 Å². The highest BCUT2D eigenvalue weighted by Gasteiger charge is 2.15. The molecule has 0 spiro atoms. The zero-order valence-electron chi connectivity index (χ0n) is 10.1. The van der Waals surface area contributed by atoms with E-state index in [1.54, 1.807) is 12.1 Å².